The van der Waals surface area contributed by atoms with Crippen molar-refractivity contribution in [1.82, 2.24) is 15.5 Å². The van der Waals surface area contributed by atoms with E-state index in [1.807, 2.05) is 20.8 Å². The fraction of sp³-hybridized carbons (Fsp3) is 0.818. The smallest absolute Gasteiger partial charge is 0.325 e. The van der Waals surface area contributed by atoms with Crippen LogP contribution in [0.5, 0.6) is 0 Å². The van der Waals surface area contributed by atoms with Crippen LogP contribution in [0.3, 0.4) is 0 Å². The van der Waals surface area contributed by atoms with Gasteiger partial charge in [0, 0.05) is 20.6 Å². The van der Waals surface area contributed by atoms with Crippen molar-refractivity contribution in [2.75, 3.05) is 27.2 Å². The van der Waals surface area contributed by atoms with E-state index in [4.69, 9.17) is 9.47 Å². The van der Waals surface area contributed by atoms with E-state index in [1.165, 1.54) is 56.6 Å². The SMILES string of the molecule is CCCCCCCCCCCC(=O)N(C)CC(=O)O[C@@H]1CC[C@H](NC(=O)[C@H](OC)[C@H](O)[C@@H](O)[C@H](O)C=CC(C)(C)C)C(=O)NC1. The molecule has 0 aromatic heterocycles. The van der Waals surface area contributed by atoms with Gasteiger partial charge in [-0.05, 0) is 24.7 Å². The Morgan fingerprint density at radius 2 is 1.60 bits per heavy atom. The Labute approximate surface area is 269 Å². The number of allylic oxidation sites excluding steroid dienone is 1. The van der Waals surface area contributed by atoms with Gasteiger partial charge in [-0.3, -0.25) is 19.2 Å². The highest BCUT2D eigenvalue weighted by molar-refractivity contribution is 5.90. The number of amides is 3. The number of carbonyl (C=O) groups is 4. The third kappa shape index (κ3) is 16.5. The van der Waals surface area contributed by atoms with Gasteiger partial charge in [0.25, 0.3) is 5.91 Å². The number of ether oxygens (including phenoxy) is 2. The number of hydrogen-bond acceptors (Lipinski definition) is 9. The van der Waals surface area contributed by atoms with E-state index in [0.29, 0.717) is 6.42 Å². The Balaban J connectivity index is 2.50. The molecule has 0 saturated carbocycles. The molecule has 0 unspecified atom stereocenters. The average Bonchev–Trinajstić information content (AvgIpc) is 3.14. The van der Waals surface area contributed by atoms with Crippen LogP contribution in [0.25, 0.3) is 0 Å². The summed E-state index contributed by atoms with van der Waals surface area (Å²) in [5.41, 5.74) is -0.275. The van der Waals surface area contributed by atoms with Crippen LogP contribution in [0.4, 0.5) is 0 Å². The molecule has 5 N–H and O–H groups in total. The summed E-state index contributed by atoms with van der Waals surface area (Å²) in [6, 6.07) is -1.01. The molecular weight excluding hydrogens is 582 g/mol. The summed E-state index contributed by atoms with van der Waals surface area (Å²) in [6.07, 6.45) is 6.96. The van der Waals surface area contributed by atoms with E-state index in [9.17, 15) is 34.5 Å². The summed E-state index contributed by atoms with van der Waals surface area (Å²) in [5.74, 6) is -2.06. The first-order chi connectivity index (χ1) is 21.2. The van der Waals surface area contributed by atoms with Gasteiger partial charge in [-0.2, -0.15) is 0 Å². The number of nitrogens with zero attached hydrogens (tertiary/aromatic N) is 1. The van der Waals surface area contributed by atoms with E-state index >= 15 is 0 Å². The Kier molecular flexibility index (Phi) is 19.2. The quantitative estimate of drug-likeness (QED) is 0.0759. The summed E-state index contributed by atoms with van der Waals surface area (Å²) in [5, 5.41) is 36.3. The van der Waals surface area contributed by atoms with Crippen LogP contribution in [0.2, 0.25) is 0 Å². The molecule has 0 spiro atoms. The van der Waals surface area contributed by atoms with Gasteiger partial charge >= 0.3 is 5.97 Å². The Morgan fingerprint density at radius 1 is 1.00 bits per heavy atom. The maximum atomic E-state index is 12.9. The number of esters is 1. The summed E-state index contributed by atoms with van der Waals surface area (Å²) < 4.78 is 10.6. The van der Waals surface area contributed by atoms with Crippen LogP contribution in [-0.2, 0) is 28.7 Å². The van der Waals surface area contributed by atoms with Gasteiger partial charge in [-0.25, -0.2) is 0 Å². The highest BCUT2D eigenvalue weighted by Crippen LogP contribution is 2.18. The van der Waals surface area contributed by atoms with Crippen molar-refractivity contribution >= 4 is 23.7 Å². The maximum Gasteiger partial charge on any atom is 0.325 e. The lowest BCUT2D eigenvalue weighted by molar-refractivity contribution is -0.153. The molecule has 45 heavy (non-hydrogen) atoms. The van der Waals surface area contributed by atoms with Crippen LogP contribution < -0.4 is 10.6 Å². The van der Waals surface area contributed by atoms with Crippen molar-refractivity contribution in [2.45, 2.75) is 141 Å². The predicted octanol–water partition coefficient (Wildman–Crippen LogP) is 2.37. The summed E-state index contributed by atoms with van der Waals surface area (Å²) in [7, 11) is 2.73. The van der Waals surface area contributed by atoms with Gasteiger partial charge < -0.3 is 40.3 Å². The molecule has 0 bridgehead atoms. The number of methoxy groups -OCH3 is 1. The van der Waals surface area contributed by atoms with Crippen LogP contribution in [0.1, 0.15) is 105 Å². The number of unbranched alkanes of at least 4 members (excludes halogenated alkanes) is 8. The molecule has 12 nitrogen and oxygen atoms in total. The minimum Gasteiger partial charge on any atom is -0.459 e. The molecule has 1 saturated heterocycles. The third-order valence-electron chi connectivity index (χ3n) is 7.81. The zero-order valence-corrected chi connectivity index (χ0v) is 28.3. The molecule has 260 valence electrons. The monoisotopic (exact) mass is 641 g/mol. The Hall–Kier alpha value is -2.54. The normalized spacial score (nSPS) is 20.1. The minimum absolute atomic E-state index is 0.0361. The molecular formula is C33H59N3O9. The zero-order valence-electron chi connectivity index (χ0n) is 28.3. The Bertz CT molecular complexity index is 937. The topological polar surface area (TPSA) is 175 Å². The van der Waals surface area contributed by atoms with Gasteiger partial charge in [0.05, 0.1) is 6.54 Å². The van der Waals surface area contributed by atoms with Crippen molar-refractivity contribution in [3.05, 3.63) is 12.2 Å². The van der Waals surface area contributed by atoms with E-state index in [2.05, 4.69) is 17.6 Å². The molecule has 0 aliphatic carbocycles. The fourth-order valence-corrected chi connectivity index (χ4v) is 4.98. The molecule has 6 atom stereocenters. The first-order valence-corrected chi connectivity index (χ1v) is 16.5. The number of hydrogen-bond donors (Lipinski definition) is 5. The molecule has 0 radical (unpaired) electrons. The number of aliphatic hydroxyl groups is 3. The number of aliphatic hydroxyl groups excluding tert-OH is 3. The van der Waals surface area contributed by atoms with Crippen molar-refractivity contribution in [1.29, 1.82) is 0 Å². The van der Waals surface area contributed by atoms with Crippen molar-refractivity contribution in [2.24, 2.45) is 5.41 Å². The molecule has 1 heterocycles. The molecule has 1 fully saturated rings. The van der Waals surface area contributed by atoms with Crippen molar-refractivity contribution < 1.29 is 44.0 Å². The van der Waals surface area contributed by atoms with Crippen LogP contribution in [0, 0.1) is 5.41 Å². The van der Waals surface area contributed by atoms with E-state index in [1.54, 1.807) is 13.1 Å². The summed E-state index contributed by atoms with van der Waals surface area (Å²) in [6.45, 7) is 7.72. The summed E-state index contributed by atoms with van der Waals surface area (Å²) >= 11 is 0. The lowest BCUT2D eigenvalue weighted by Gasteiger charge is -2.28. The second-order valence-electron chi connectivity index (χ2n) is 13.2. The summed E-state index contributed by atoms with van der Waals surface area (Å²) in [4.78, 5) is 51.9. The average molecular weight is 642 g/mol. The van der Waals surface area contributed by atoms with Crippen LogP contribution in [-0.4, -0.2) is 108 Å². The first kappa shape index (κ1) is 40.5. The zero-order chi connectivity index (χ0) is 34.0. The Morgan fingerprint density at radius 3 is 2.18 bits per heavy atom. The third-order valence-corrected chi connectivity index (χ3v) is 7.81. The van der Waals surface area contributed by atoms with Crippen LogP contribution >= 0.6 is 0 Å². The molecule has 0 aromatic carbocycles. The van der Waals surface area contributed by atoms with Gasteiger partial charge in [0.15, 0.2) is 6.10 Å². The van der Waals surface area contributed by atoms with E-state index in [-0.39, 0.29) is 37.3 Å². The van der Waals surface area contributed by atoms with Gasteiger partial charge in [0.2, 0.25) is 11.8 Å². The number of likely N-dealkylation sites (N-methyl/N-ethyl adjacent to an activating group) is 1. The van der Waals surface area contributed by atoms with Gasteiger partial charge in [0.1, 0.15) is 37.0 Å². The molecule has 3 amide bonds. The number of carbonyl (C=O) groups excluding carboxylic acids is 4. The number of nitrogens with one attached hydrogen (secondary N) is 2. The second-order valence-corrected chi connectivity index (χ2v) is 13.2. The largest absolute Gasteiger partial charge is 0.459 e. The van der Waals surface area contributed by atoms with Crippen molar-refractivity contribution in [3.8, 4) is 0 Å². The lowest BCUT2D eigenvalue weighted by Crippen LogP contribution is -2.55. The predicted molar refractivity (Wildman–Crippen MR) is 171 cm³/mol. The second kappa shape index (κ2) is 21.3. The molecule has 12 heteroatoms. The molecule has 1 rings (SSSR count). The highest BCUT2D eigenvalue weighted by Gasteiger charge is 2.37. The van der Waals surface area contributed by atoms with E-state index < -0.39 is 54.3 Å². The van der Waals surface area contributed by atoms with Crippen LogP contribution in [0.15, 0.2) is 12.2 Å². The molecule has 0 aromatic rings. The van der Waals surface area contributed by atoms with Gasteiger partial charge in [-0.1, -0.05) is 91.2 Å². The lowest BCUT2D eigenvalue weighted by atomic mass is 9.94. The van der Waals surface area contributed by atoms with Crippen molar-refractivity contribution in [3.63, 3.8) is 0 Å². The number of rotatable bonds is 20. The standard InChI is InChI=1S/C33H59N3O9/c1-7-8-9-10-11-12-13-14-15-16-26(38)36(5)22-27(39)45-23-17-18-24(31(42)34-21-23)35-32(43)30(44-6)29(41)28(40)25(37)19-20-33(2,3)4/h19-20,23-25,28-30,37,40-41H,7-18,21-22H2,1-6H3,(H,34,42)(H,35,43)/t23-,24+,25-,28+,29-,30-/m1/s1. The highest BCUT2D eigenvalue weighted by atomic mass is 16.5. The van der Waals surface area contributed by atoms with E-state index in [0.717, 1.165) is 19.3 Å². The molecule has 1 aliphatic rings. The van der Waals surface area contributed by atoms with Gasteiger partial charge in [-0.15, -0.1) is 0 Å². The minimum atomic E-state index is -1.78. The first-order valence-electron chi connectivity index (χ1n) is 16.5. The molecule has 1 aliphatic heterocycles. The maximum absolute atomic E-state index is 12.9. The fourth-order valence-electron chi connectivity index (χ4n) is 4.98.